The zero-order chi connectivity index (χ0) is 0. The van der Waals surface area contributed by atoms with Crippen molar-refractivity contribution < 1.29 is 56.0 Å². The molecule has 18 heavy (non-hydrogen) atoms. The van der Waals surface area contributed by atoms with Gasteiger partial charge in [-0.2, -0.15) is 0 Å². The molecule has 0 aromatic heterocycles. The minimum Gasteiger partial charge on any atom is -0.870 e. The van der Waals surface area contributed by atoms with Gasteiger partial charge in [0.2, 0.25) is 0 Å². The molecule has 0 aliphatic carbocycles. The molecule has 0 unspecified atom stereocenters. The van der Waals surface area contributed by atoms with Crippen LogP contribution in [-0.4, -0.2) is 21.9 Å². The second kappa shape index (κ2) is 6590. The van der Waals surface area contributed by atoms with Gasteiger partial charge in [-0.25, -0.2) is 0 Å². The van der Waals surface area contributed by atoms with Gasteiger partial charge in [0.25, 0.3) is 0 Å². The van der Waals surface area contributed by atoms with E-state index < -0.39 is 0 Å². The van der Waals surface area contributed by atoms with E-state index in [1.165, 1.54) is 0 Å². The van der Waals surface area contributed by atoms with E-state index in [1.807, 2.05) is 0 Å². The summed E-state index contributed by atoms with van der Waals surface area (Å²) in [4.78, 5) is 0. The molecule has 0 spiro atoms. The fraction of sp³-hybridized carbons (Fsp3) is 0.333. The third kappa shape index (κ3) is 5510. The molecule has 7 N–H and O–H groups in total. The maximum atomic E-state index is 0. The van der Waals surface area contributed by atoms with Gasteiger partial charge >= 0.3 is 34.1 Å². The maximum absolute atomic E-state index is 0. The Morgan fingerprint density at radius 1 is 0.278 bits per heavy atom. The Hall–Kier alpha value is 0.879. The first-order valence-electron chi connectivity index (χ1n) is 0. The van der Waals surface area contributed by atoms with E-state index in [1.54, 1.807) is 0 Å². The largest absolute Gasteiger partial charge is 3.00 e. The van der Waals surface area contributed by atoms with Gasteiger partial charge in [-0.15, -0.1) is 0 Å². The molecule has 0 saturated heterocycles. The standard InChI is InChI=1S/4CH4.8CH3.2Fe.4H2O/h4*1H4;8*1H3;;;4*1H2/q;;;;8*-1;2*+3;;;;/p-1. The van der Waals surface area contributed by atoms with Crippen LogP contribution in [-0.2, 0) is 34.1 Å². The molecule has 0 aromatic rings. The Bertz CT molecular complexity index is 22.0. The van der Waals surface area contributed by atoms with Crippen molar-refractivity contribution in [3.05, 3.63) is 59.4 Å². The van der Waals surface area contributed by atoms with Crippen LogP contribution in [0.2, 0.25) is 0 Å². The van der Waals surface area contributed by atoms with Crippen molar-refractivity contribution in [2.45, 2.75) is 29.7 Å². The molecule has 0 bridgehead atoms. The van der Waals surface area contributed by atoms with Crippen LogP contribution in [0.1, 0.15) is 29.7 Å². The summed E-state index contributed by atoms with van der Waals surface area (Å²) in [6.07, 6.45) is 0. The molecule has 138 valence electrons. The molecule has 0 amide bonds. The topological polar surface area (TPSA) is 124 Å². The first-order chi connectivity index (χ1) is 0. The summed E-state index contributed by atoms with van der Waals surface area (Å²) >= 11 is 0. The Balaban J connectivity index is 0. The normalized spacial score (nSPS) is 0. The third-order valence-electron chi connectivity index (χ3n) is 0. The smallest absolute Gasteiger partial charge is 0.870 e. The van der Waals surface area contributed by atoms with E-state index in [-0.39, 0.29) is 145 Å². The van der Waals surface area contributed by atoms with Gasteiger partial charge < -0.3 is 81.3 Å². The van der Waals surface area contributed by atoms with Crippen LogP contribution in [0.15, 0.2) is 0 Å². The van der Waals surface area contributed by atoms with Gasteiger partial charge in [-0.3, -0.25) is 0 Å². The minimum absolute atomic E-state index is 0. The van der Waals surface area contributed by atoms with Crippen molar-refractivity contribution in [2.24, 2.45) is 0 Å². The van der Waals surface area contributed by atoms with E-state index in [0.29, 0.717) is 0 Å². The molecule has 0 aliphatic heterocycles. The summed E-state index contributed by atoms with van der Waals surface area (Å²) in [5.74, 6) is 0. The van der Waals surface area contributed by atoms with E-state index in [2.05, 4.69) is 0 Å². The van der Waals surface area contributed by atoms with Crippen molar-refractivity contribution in [1.82, 2.24) is 0 Å². The first kappa shape index (κ1) is 7810. The molecule has 6 heteroatoms. The fourth-order valence-electron chi connectivity index (χ4n) is 0. The summed E-state index contributed by atoms with van der Waals surface area (Å²) in [5.41, 5.74) is 0. The van der Waals surface area contributed by atoms with Crippen molar-refractivity contribution in [2.75, 3.05) is 0 Å². The molecule has 0 rings (SSSR count). The van der Waals surface area contributed by atoms with E-state index in [0.717, 1.165) is 0 Å². The predicted molar refractivity (Wildman–Crippen MR) is 91.0 cm³/mol. The monoisotopic (exact) mass is 367 g/mol. The summed E-state index contributed by atoms with van der Waals surface area (Å²) in [6.45, 7) is 0. The van der Waals surface area contributed by atoms with Crippen LogP contribution in [0.5, 0.6) is 0 Å². The Morgan fingerprint density at radius 3 is 0.278 bits per heavy atom. The summed E-state index contributed by atoms with van der Waals surface area (Å²) < 4.78 is 0. The molecule has 0 atom stereocenters. The van der Waals surface area contributed by atoms with Crippen molar-refractivity contribution >= 4 is 0 Å². The zero-order valence-electron chi connectivity index (χ0n) is 10.7. The average molecular weight is 367 g/mol. The van der Waals surface area contributed by atoms with E-state index in [4.69, 9.17) is 0 Å². The van der Waals surface area contributed by atoms with Crippen molar-refractivity contribution in [3.63, 3.8) is 0 Å². The molecule has 4 nitrogen and oxygen atoms in total. The van der Waals surface area contributed by atoms with Crippen LogP contribution in [0.3, 0.4) is 0 Å². The molecule has 0 saturated carbocycles. The van der Waals surface area contributed by atoms with Gasteiger partial charge in [0.15, 0.2) is 0 Å². The molecule has 0 fully saturated rings. The van der Waals surface area contributed by atoms with Gasteiger partial charge in [0.05, 0.1) is 0 Å². The number of hydrogen-bond donors (Lipinski definition) is 0. The van der Waals surface area contributed by atoms with Gasteiger partial charge in [-0.1, -0.05) is 29.7 Å². The van der Waals surface area contributed by atoms with Crippen molar-refractivity contribution in [1.29, 1.82) is 0 Å². The minimum atomic E-state index is 0. The molecule has 0 heterocycles. The summed E-state index contributed by atoms with van der Waals surface area (Å²) in [6, 6.07) is 0. The number of hydrogen-bond acceptors (Lipinski definition) is 1. The fourth-order valence-corrected chi connectivity index (χ4v) is 0. The van der Waals surface area contributed by atoms with E-state index in [9.17, 15) is 0 Å². The van der Waals surface area contributed by atoms with Gasteiger partial charge in [-0.05, 0) is 0 Å². The predicted octanol–water partition coefficient (Wildman–Crippen LogP) is 3.49. The maximum Gasteiger partial charge on any atom is 3.00 e. The van der Waals surface area contributed by atoms with Crippen LogP contribution in [0.25, 0.3) is 0 Å². The Morgan fingerprint density at radius 2 is 0.278 bits per heavy atom. The average Bonchev–Trinajstić information content (AvgIpc) is 0. The zero-order valence-corrected chi connectivity index (χ0v) is 12.9. The van der Waals surface area contributed by atoms with Crippen LogP contribution >= 0.6 is 0 Å². The number of rotatable bonds is 0. The molecular weight excluding hydrogens is 320 g/mol. The van der Waals surface area contributed by atoms with E-state index >= 15 is 0 Å². The summed E-state index contributed by atoms with van der Waals surface area (Å²) in [7, 11) is 0. The molecule has 0 aliphatic rings. The van der Waals surface area contributed by atoms with Crippen LogP contribution in [0.4, 0.5) is 0 Å². The molecular formula is C12H47Fe2O4-3. The third-order valence-corrected chi connectivity index (χ3v) is 0. The molecule has 0 aromatic carbocycles. The quantitative estimate of drug-likeness (QED) is 0.472. The van der Waals surface area contributed by atoms with Crippen LogP contribution < -0.4 is 0 Å². The first-order valence-corrected chi connectivity index (χ1v) is 0. The Kier molecular flexibility index (Phi) is 2860000. The van der Waals surface area contributed by atoms with Gasteiger partial charge in [0.1, 0.15) is 0 Å². The molecule has 2 radical (unpaired) electrons. The SMILES string of the molecule is C.C.C.C.O.O.O.[CH3-].[CH3-].[CH3-].[CH3-].[CH3-].[CH3-].[CH3-].[CH3-].[Fe+3].[Fe+3].[OH-]. The second-order valence-electron chi connectivity index (χ2n) is 0. The Labute approximate surface area is 145 Å². The van der Waals surface area contributed by atoms with Crippen LogP contribution in [0, 0.1) is 59.4 Å². The van der Waals surface area contributed by atoms with Gasteiger partial charge in [0, 0.05) is 0 Å². The second-order valence-corrected chi connectivity index (χ2v) is 0. The van der Waals surface area contributed by atoms with Crippen molar-refractivity contribution in [3.8, 4) is 0 Å². The summed E-state index contributed by atoms with van der Waals surface area (Å²) in [5, 5.41) is 0.